The zero-order chi connectivity index (χ0) is 44.3. The van der Waals surface area contributed by atoms with Crippen molar-refractivity contribution in [1.82, 2.24) is 34.9 Å². The van der Waals surface area contributed by atoms with Crippen molar-refractivity contribution in [2.45, 2.75) is 103 Å². The molecule has 3 unspecified atom stereocenters. The van der Waals surface area contributed by atoms with Crippen molar-refractivity contribution in [2.75, 3.05) is 33.8 Å². The maximum absolute atomic E-state index is 14.5. The molecule has 3 heterocycles. The van der Waals surface area contributed by atoms with E-state index in [0.29, 0.717) is 47.4 Å². The molecule has 1 aromatic heterocycles. The fraction of sp³-hybridized carbons (Fsp3) is 0.478. The number of piperidine rings is 1. The van der Waals surface area contributed by atoms with Crippen LogP contribution in [0.25, 0.3) is 11.3 Å². The number of likely N-dealkylation sites (tertiary alicyclic amines) is 1. The van der Waals surface area contributed by atoms with Crippen molar-refractivity contribution in [3.8, 4) is 22.8 Å². The molecule has 6 rings (SSSR count). The SMILES string of the molecule is CC(NCc1ccc(Cl)cc1Oc1ccc(-c2cnc(CN(C)C)n2C)cc1)C(=O)N1C(C(=O)NC2(Cc3ccc(Cl)cc3)CCCN(C(=O)OC(C)(C)C)C2)COC1(C)C. The molecule has 0 saturated carbocycles. The fourth-order valence-electron chi connectivity index (χ4n) is 7.95. The minimum atomic E-state index is -1.07. The molecule has 15 heteroatoms. The Morgan fingerprint density at radius 2 is 1.70 bits per heavy atom. The quantitative estimate of drug-likeness (QED) is 0.138. The topological polar surface area (TPSA) is 130 Å². The van der Waals surface area contributed by atoms with E-state index in [1.807, 2.05) is 103 Å². The lowest BCUT2D eigenvalue weighted by atomic mass is 9.82. The number of nitrogens with zero attached hydrogens (tertiary/aromatic N) is 5. The Hall–Kier alpha value is -4.66. The normalized spacial score (nSPS) is 19.5. The molecule has 0 aliphatic carbocycles. The van der Waals surface area contributed by atoms with Crippen molar-refractivity contribution < 1.29 is 28.6 Å². The fourth-order valence-corrected chi connectivity index (χ4v) is 8.24. The average Bonchev–Trinajstić information content (AvgIpc) is 3.71. The van der Waals surface area contributed by atoms with E-state index in [2.05, 4.69) is 25.1 Å². The van der Waals surface area contributed by atoms with Crippen molar-refractivity contribution in [3.63, 3.8) is 0 Å². The third kappa shape index (κ3) is 11.4. The molecule has 0 radical (unpaired) electrons. The average molecular weight is 877 g/mol. The van der Waals surface area contributed by atoms with Crippen LogP contribution in [0.2, 0.25) is 10.0 Å². The molecule has 3 aromatic carbocycles. The number of hydrogen-bond donors (Lipinski definition) is 2. The van der Waals surface area contributed by atoms with Crippen LogP contribution in [0.15, 0.2) is 72.9 Å². The highest BCUT2D eigenvalue weighted by Gasteiger charge is 2.50. The number of carbonyl (C=O) groups excluding carboxylic acids is 3. The number of aromatic nitrogens is 2. The molecule has 2 fully saturated rings. The number of halogens is 2. The van der Waals surface area contributed by atoms with Crippen LogP contribution < -0.4 is 15.4 Å². The molecule has 2 N–H and O–H groups in total. The van der Waals surface area contributed by atoms with Gasteiger partial charge in [-0.15, -0.1) is 0 Å². The van der Waals surface area contributed by atoms with Gasteiger partial charge in [0.1, 0.15) is 34.7 Å². The van der Waals surface area contributed by atoms with Crippen molar-refractivity contribution in [1.29, 1.82) is 0 Å². The molecule has 0 spiro atoms. The smallest absolute Gasteiger partial charge is 0.410 e. The van der Waals surface area contributed by atoms with Gasteiger partial charge in [-0.1, -0.05) is 41.4 Å². The number of hydrogen-bond acceptors (Lipinski definition) is 9. The molecular weight excluding hydrogens is 817 g/mol. The Labute approximate surface area is 369 Å². The van der Waals surface area contributed by atoms with Gasteiger partial charge in [0, 0.05) is 47.9 Å². The van der Waals surface area contributed by atoms with Gasteiger partial charge in [-0.3, -0.25) is 14.5 Å². The summed E-state index contributed by atoms with van der Waals surface area (Å²) in [5, 5.41) is 7.77. The van der Waals surface area contributed by atoms with E-state index in [1.54, 1.807) is 37.8 Å². The minimum Gasteiger partial charge on any atom is -0.457 e. The second-order valence-corrected chi connectivity index (χ2v) is 18.8. The minimum absolute atomic E-state index is 0.00982. The molecule has 4 aromatic rings. The van der Waals surface area contributed by atoms with Crippen LogP contribution in [0, 0.1) is 0 Å². The molecule has 2 aliphatic heterocycles. The highest BCUT2D eigenvalue weighted by atomic mass is 35.5. The number of nitrogens with one attached hydrogen (secondary N) is 2. The van der Waals surface area contributed by atoms with E-state index >= 15 is 0 Å². The number of benzene rings is 3. The van der Waals surface area contributed by atoms with Gasteiger partial charge >= 0.3 is 6.09 Å². The Kier molecular flexibility index (Phi) is 14.1. The maximum atomic E-state index is 14.5. The molecule has 3 amide bonds. The van der Waals surface area contributed by atoms with Gasteiger partial charge in [0.25, 0.3) is 0 Å². The molecular formula is C46H59Cl2N7O6. The lowest BCUT2D eigenvalue weighted by molar-refractivity contribution is -0.152. The van der Waals surface area contributed by atoms with Crippen LogP contribution in [0.3, 0.4) is 0 Å². The number of rotatable bonds is 13. The first-order valence-corrected chi connectivity index (χ1v) is 21.4. The first-order valence-electron chi connectivity index (χ1n) is 20.7. The highest BCUT2D eigenvalue weighted by Crippen LogP contribution is 2.34. The summed E-state index contributed by atoms with van der Waals surface area (Å²) in [6.45, 7) is 12.6. The van der Waals surface area contributed by atoms with Gasteiger partial charge < -0.3 is 39.2 Å². The highest BCUT2D eigenvalue weighted by molar-refractivity contribution is 6.31. The predicted molar refractivity (Wildman–Crippen MR) is 238 cm³/mol. The lowest BCUT2D eigenvalue weighted by Gasteiger charge is -2.44. The zero-order valence-corrected chi connectivity index (χ0v) is 38.2. The zero-order valence-electron chi connectivity index (χ0n) is 36.7. The molecule has 13 nitrogen and oxygen atoms in total. The van der Waals surface area contributed by atoms with Crippen molar-refractivity contribution >= 4 is 41.1 Å². The second kappa shape index (κ2) is 18.8. The molecule has 0 bridgehead atoms. The first kappa shape index (κ1) is 45.9. The maximum Gasteiger partial charge on any atom is 0.410 e. The van der Waals surface area contributed by atoms with Gasteiger partial charge in [-0.2, -0.15) is 0 Å². The summed E-state index contributed by atoms with van der Waals surface area (Å²) in [7, 11) is 6.04. The number of carbonyl (C=O) groups is 3. The van der Waals surface area contributed by atoms with Crippen LogP contribution in [-0.2, 0) is 45.6 Å². The molecule has 3 atom stereocenters. The third-order valence-electron chi connectivity index (χ3n) is 11.0. The Balaban J connectivity index is 1.15. The Bertz CT molecular complexity index is 2190. The summed E-state index contributed by atoms with van der Waals surface area (Å²) >= 11 is 12.7. The van der Waals surface area contributed by atoms with E-state index in [0.717, 1.165) is 34.8 Å². The van der Waals surface area contributed by atoms with Crippen molar-refractivity contribution in [2.24, 2.45) is 7.05 Å². The van der Waals surface area contributed by atoms with Crippen LogP contribution >= 0.6 is 23.2 Å². The van der Waals surface area contributed by atoms with Crippen LogP contribution in [0.1, 0.15) is 71.3 Å². The summed E-state index contributed by atoms with van der Waals surface area (Å²) in [6.07, 6.45) is 3.14. The first-order chi connectivity index (χ1) is 28.7. The third-order valence-corrected chi connectivity index (χ3v) is 11.5. The van der Waals surface area contributed by atoms with Crippen LogP contribution in [-0.4, -0.2) is 105 Å². The van der Waals surface area contributed by atoms with Crippen molar-refractivity contribution in [3.05, 3.63) is 99.9 Å². The Morgan fingerprint density at radius 1 is 1.02 bits per heavy atom. The van der Waals surface area contributed by atoms with Gasteiger partial charge in [0.15, 0.2) is 0 Å². The summed E-state index contributed by atoms with van der Waals surface area (Å²) in [5.41, 5.74) is 1.15. The van der Waals surface area contributed by atoms with E-state index in [4.69, 9.17) is 37.4 Å². The van der Waals surface area contributed by atoms with E-state index in [9.17, 15) is 14.4 Å². The molecule has 2 saturated heterocycles. The molecule has 2 aliphatic rings. The standard InChI is InChI=1S/C46H59Cl2N7O6/c1-30(49-25-33-13-18-35(48)23-39(33)60-36-19-14-32(15-20-36)37-26-50-40(53(37)9)27-52(7)8)42(57)55-38(28-59-45(55,5)6)41(56)51-46(24-31-11-16-34(47)17-12-31)21-10-22-54(29-46)43(58)61-44(2,3)4/h11-20,23,26,30,38,49H,10,21-22,24-25,27-29H2,1-9H3,(H,51,56). The second-order valence-electron chi connectivity index (χ2n) is 17.9. The predicted octanol–water partition coefficient (Wildman–Crippen LogP) is 7.82. The largest absolute Gasteiger partial charge is 0.457 e. The summed E-state index contributed by atoms with van der Waals surface area (Å²) in [4.78, 5) is 52.0. The summed E-state index contributed by atoms with van der Waals surface area (Å²) < 4.78 is 20.3. The van der Waals surface area contributed by atoms with E-state index in [-0.39, 0.29) is 31.5 Å². The lowest BCUT2D eigenvalue weighted by Crippen LogP contribution is -2.65. The summed E-state index contributed by atoms with van der Waals surface area (Å²) in [6, 6.07) is 19.0. The van der Waals surface area contributed by atoms with Gasteiger partial charge in [0.05, 0.1) is 36.6 Å². The summed E-state index contributed by atoms with van der Waals surface area (Å²) in [5.74, 6) is 1.47. The number of imidazole rings is 1. The van der Waals surface area contributed by atoms with Crippen LogP contribution in [0.4, 0.5) is 4.79 Å². The van der Waals surface area contributed by atoms with Crippen LogP contribution in [0.5, 0.6) is 11.5 Å². The van der Waals surface area contributed by atoms with Gasteiger partial charge in [-0.05, 0) is 129 Å². The Morgan fingerprint density at radius 3 is 2.38 bits per heavy atom. The van der Waals surface area contributed by atoms with Gasteiger partial charge in [0.2, 0.25) is 11.8 Å². The molecule has 328 valence electrons. The number of ether oxygens (including phenoxy) is 3. The van der Waals surface area contributed by atoms with E-state index in [1.165, 1.54) is 4.90 Å². The van der Waals surface area contributed by atoms with E-state index < -0.39 is 35.0 Å². The number of amides is 3. The monoisotopic (exact) mass is 875 g/mol. The molecule has 61 heavy (non-hydrogen) atoms. The van der Waals surface area contributed by atoms with Gasteiger partial charge in [-0.25, -0.2) is 9.78 Å².